The standard InChI is InChI=1S/C21H14F3N3O3/c1-2-29-20(28)18-19(30-16-8-6-13(11-25)7-9-16)27-17(12-26-18)14-4-3-5-15(10-14)21(22,23)24/h3-10,12H,2H2,1H3. The second-order valence-corrected chi connectivity index (χ2v) is 5.95. The van der Waals surface area contributed by atoms with E-state index in [-0.39, 0.29) is 35.2 Å². The molecule has 0 aliphatic rings. The van der Waals surface area contributed by atoms with Crippen molar-refractivity contribution >= 4 is 5.97 Å². The molecule has 0 bridgehead atoms. The molecular formula is C21H14F3N3O3. The molecule has 152 valence electrons. The molecule has 0 atom stereocenters. The van der Waals surface area contributed by atoms with E-state index in [1.54, 1.807) is 6.92 Å². The van der Waals surface area contributed by atoms with Gasteiger partial charge in [0.15, 0.2) is 0 Å². The van der Waals surface area contributed by atoms with Crippen molar-refractivity contribution in [2.24, 2.45) is 0 Å². The van der Waals surface area contributed by atoms with Crippen LogP contribution in [-0.4, -0.2) is 22.5 Å². The number of hydrogen-bond donors (Lipinski definition) is 0. The highest BCUT2D eigenvalue weighted by Crippen LogP contribution is 2.32. The van der Waals surface area contributed by atoms with Crippen LogP contribution >= 0.6 is 0 Å². The molecule has 30 heavy (non-hydrogen) atoms. The molecule has 3 aromatic rings. The fourth-order valence-electron chi connectivity index (χ4n) is 2.49. The summed E-state index contributed by atoms with van der Waals surface area (Å²) in [7, 11) is 0. The van der Waals surface area contributed by atoms with Crippen LogP contribution in [0.2, 0.25) is 0 Å². The van der Waals surface area contributed by atoms with Crippen LogP contribution in [-0.2, 0) is 10.9 Å². The molecule has 1 aromatic heterocycles. The topological polar surface area (TPSA) is 85.1 Å². The van der Waals surface area contributed by atoms with Gasteiger partial charge in [0, 0.05) is 5.56 Å². The van der Waals surface area contributed by atoms with Gasteiger partial charge in [-0.1, -0.05) is 12.1 Å². The molecule has 0 spiro atoms. The van der Waals surface area contributed by atoms with Gasteiger partial charge >= 0.3 is 12.1 Å². The first-order valence-electron chi connectivity index (χ1n) is 8.71. The zero-order valence-electron chi connectivity index (χ0n) is 15.6. The highest BCUT2D eigenvalue weighted by Gasteiger charge is 2.30. The average Bonchev–Trinajstić information content (AvgIpc) is 2.74. The Balaban J connectivity index is 2.04. The largest absolute Gasteiger partial charge is 0.461 e. The maximum absolute atomic E-state index is 13.0. The van der Waals surface area contributed by atoms with Gasteiger partial charge in [-0.15, -0.1) is 0 Å². The number of ether oxygens (including phenoxy) is 2. The second kappa shape index (κ2) is 8.61. The summed E-state index contributed by atoms with van der Waals surface area (Å²) in [5, 5.41) is 8.88. The third-order valence-electron chi connectivity index (χ3n) is 3.89. The van der Waals surface area contributed by atoms with E-state index in [0.29, 0.717) is 5.56 Å². The lowest BCUT2D eigenvalue weighted by molar-refractivity contribution is -0.137. The Morgan fingerprint density at radius 2 is 1.90 bits per heavy atom. The van der Waals surface area contributed by atoms with Gasteiger partial charge in [0.25, 0.3) is 5.88 Å². The lowest BCUT2D eigenvalue weighted by Crippen LogP contribution is -2.11. The number of halogens is 3. The van der Waals surface area contributed by atoms with E-state index in [4.69, 9.17) is 14.7 Å². The van der Waals surface area contributed by atoms with Crippen molar-refractivity contribution in [2.75, 3.05) is 6.61 Å². The molecule has 3 rings (SSSR count). The Kier molecular flexibility index (Phi) is 5.97. The normalized spacial score (nSPS) is 10.9. The number of carbonyl (C=O) groups is 1. The highest BCUT2D eigenvalue weighted by molar-refractivity contribution is 5.90. The zero-order valence-corrected chi connectivity index (χ0v) is 15.6. The Hall–Kier alpha value is -3.93. The van der Waals surface area contributed by atoms with Crippen LogP contribution in [0.1, 0.15) is 28.5 Å². The first-order valence-corrected chi connectivity index (χ1v) is 8.71. The minimum atomic E-state index is -4.52. The van der Waals surface area contributed by atoms with Crippen LogP contribution in [0.4, 0.5) is 13.2 Å². The SMILES string of the molecule is CCOC(=O)c1ncc(-c2cccc(C(F)(F)F)c2)nc1Oc1ccc(C#N)cc1. The van der Waals surface area contributed by atoms with Gasteiger partial charge in [0.05, 0.1) is 35.7 Å². The van der Waals surface area contributed by atoms with Gasteiger partial charge in [-0.3, -0.25) is 0 Å². The highest BCUT2D eigenvalue weighted by atomic mass is 19.4. The Labute approximate surface area is 169 Å². The van der Waals surface area contributed by atoms with E-state index >= 15 is 0 Å². The molecule has 6 nitrogen and oxygen atoms in total. The molecule has 0 aliphatic heterocycles. The summed E-state index contributed by atoms with van der Waals surface area (Å²) in [5.41, 5.74) is -0.435. The molecule has 0 saturated carbocycles. The van der Waals surface area contributed by atoms with Crippen LogP contribution in [0.25, 0.3) is 11.3 Å². The third kappa shape index (κ3) is 4.72. The van der Waals surface area contributed by atoms with E-state index in [9.17, 15) is 18.0 Å². The van der Waals surface area contributed by atoms with E-state index in [1.165, 1.54) is 42.6 Å². The van der Waals surface area contributed by atoms with Gasteiger partial charge in [-0.25, -0.2) is 14.8 Å². The van der Waals surface area contributed by atoms with Gasteiger partial charge in [0.1, 0.15) is 5.75 Å². The van der Waals surface area contributed by atoms with Gasteiger partial charge < -0.3 is 9.47 Å². The van der Waals surface area contributed by atoms with Crippen LogP contribution in [0.3, 0.4) is 0 Å². The number of aromatic nitrogens is 2. The molecule has 0 saturated heterocycles. The molecule has 0 fully saturated rings. The van der Waals surface area contributed by atoms with Crippen molar-refractivity contribution in [3.05, 3.63) is 71.5 Å². The second-order valence-electron chi connectivity index (χ2n) is 5.95. The molecule has 0 amide bonds. The third-order valence-corrected chi connectivity index (χ3v) is 3.89. The van der Waals surface area contributed by atoms with E-state index < -0.39 is 17.7 Å². The van der Waals surface area contributed by atoms with Gasteiger partial charge in [-0.2, -0.15) is 18.4 Å². The summed E-state index contributed by atoms with van der Waals surface area (Å²) in [4.78, 5) is 20.4. The average molecular weight is 413 g/mol. The van der Waals surface area contributed by atoms with Gasteiger partial charge in [0.2, 0.25) is 5.69 Å². The fourth-order valence-corrected chi connectivity index (χ4v) is 2.49. The van der Waals surface area contributed by atoms with Crippen molar-refractivity contribution in [2.45, 2.75) is 13.1 Å². The predicted octanol–water partition coefficient (Wildman–Crippen LogP) is 5.00. The fraction of sp³-hybridized carbons (Fsp3) is 0.143. The van der Waals surface area contributed by atoms with Crippen molar-refractivity contribution in [3.63, 3.8) is 0 Å². The smallest absolute Gasteiger partial charge is 0.416 e. The van der Waals surface area contributed by atoms with Gasteiger partial charge in [-0.05, 0) is 43.3 Å². The van der Waals surface area contributed by atoms with Crippen molar-refractivity contribution < 1.29 is 27.4 Å². The lowest BCUT2D eigenvalue weighted by Gasteiger charge is -2.12. The van der Waals surface area contributed by atoms with Crippen molar-refractivity contribution in [1.82, 2.24) is 9.97 Å². The summed E-state index contributed by atoms with van der Waals surface area (Å²) in [6.07, 6.45) is -3.34. The molecule has 0 aliphatic carbocycles. The first-order chi connectivity index (χ1) is 14.3. The maximum atomic E-state index is 13.0. The predicted molar refractivity (Wildman–Crippen MR) is 99.7 cm³/mol. The van der Waals surface area contributed by atoms with Crippen molar-refractivity contribution in [1.29, 1.82) is 5.26 Å². The molecule has 0 radical (unpaired) electrons. The number of esters is 1. The Bertz CT molecular complexity index is 1110. The summed E-state index contributed by atoms with van der Waals surface area (Å²) < 4.78 is 49.6. The minimum absolute atomic E-state index is 0.0813. The molecule has 0 N–H and O–H groups in total. The summed E-state index contributed by atoms with van der Waals surface area (Å²) in [6.45, 7) is 1.70. The molecular weight excluding hydrogens is 399 g/mol. The minimum Gasteiger partial charge on any atom is -0.461 e. The maximum Gasteiger partial charge on any atom is 0.416 e. The summed E-state index contributed by atoms with van der Waals surface area (Å²) >= 11 is 0. The number of benzene rings is 2. The molecule has 0 unspecified atom stereocenters. The van der Waals surface area contributed by atoms with Crippen LogP contribution in [0.5, 0.6) is 11.6 Å². The molecule has 9 heteroatoms. The number of nitrogens with zero attached hydrogens (tertiary/aromatic N) is 3. The van der Waals surface area contributed by atoms with E-state index in [2.05, 4.69) is 9.97 Å². The Morgan fingerprint density at radius 3 is 2.53 bits per heavy atom. The number of carbonyl (C=O) groups excluding carboxylic acids is 1. The zero-order chi connectivity index (χ0) is 21.7. The monoisotopic (exact) mass is 413 g/mol. The summed E-state index contributed by atoms with van der Waals surface area (Å²) in [5.74, 6) is -0.757. The van der Waals surface area contributed by atoms with Crippen LogP contribution in [0.15, 0.2) is 54.7 Å². The number of alkyl halides is 3. The number of rotatable bonds is 5. The number of nitriles is 1. The summed E-state index contributed by atoms with van der Waals surface area (Å²) in [6, 6.07) is 12.5. The number of hydrogen-bond acceptors (Lipinski definition) is 6. The van der Waals surface area contributed by atoms with Crippen molar-refractivity contribution in [3.8, 4) is 29.0 Å². The van der Waals surface area contributed by atoms with Crippen LogP contribution < -0.4 is 4.74 Å². The molecule has 2 aromatic carbocycles. The Morgan fingerprint density at radius 1 is 1.17 bits per heavy atom. The lowest BCUT2D eigenvalue weighted by atomic mass is 10.1. The van der Waals surface area contributed by atoms with Crippen LogP contribution in [0, 0.1) is 11.3 Å². The molecule has 1 heterocycles. The quantitative estimate of drug-likeness (QED) is 0.547. The van der Waals surface area contributed by atoms with E-state index in [1.807, 2.05) is 6.07 Å². The first kappa shape index (κ1) is 20.8. The van der Waals surface area contributed by atoms with E-state index in [0.717, 1.165) is 12.1 Å².